The number of anilines is 1. The molecule has 0 radical (unpaired) electrons. The molecule has 1 fully saturated rings. The molecule has 2 atom stereocenters. The van der Waals surface area contributed by atoms with Crippen molar-refractivity contribution >= 4 is 17.6 Å². The predicted octanol–water partition coefficient (Wildman–Crippen LogP) is 6.43. The number of ether oxygens (including phenoxy) is 1. The molecule has 1 aliphatic rings. The Bertz CT molecular complexity index is 1560. The van der Waals surface area contributed by atoms with Gasteiger partial charge in [-0.2, -0.15) is 0 Å². The maximum absolute atomic E-state index is 14.1. The number of phenolic OH excluding ortho intramolecular Hbond substituents is 1. The minimum atomic E-state index is -0.740. The number of cyclic esters (lactones) is 1. The van der Waals surface area contributed by atoms with Gasteiger partial charge in [0, 0.05) is 30.6 Å². The number of amides is 1. The molecule has 1 saturated heterocycles. The Morgan fingerprint density at radius 2 is 1.71 bits per heavy atom. The van der Waals surface area contributed by atoms with Gasteiger partial charge in [0.1, 0.15) is 17.7 Å². The third-order valence-electron chi connectivity index (χ3n) is 7.56. The van der Waals surface area contributed by atoms with Gasteiger partial charge in [0.05, 0.1) is 30.3 Å². The number of nitrogens with one attached hydrogen (secondary N) is 1. The van der Waals surface area contributed by atoms with Crippen LogP contribution in [0.5, 0.6) is 5.75 Å². The average molecular weight is 571 g/mol. The number of aromatic nitrogens is 1. The summed E-state index contributed by atoms with van der Waals surface area (Å²) in [6.07, 6.45) is -0.342. The van der Waals surface area contributed by atoms with Crippen molar-refractivity contribution in [3.05, 3.63) is 95.9 Å². The lowest BCUT2D eigenvalue weighted by molar-refractivity contribution is -0.160. The quantitative estimate of drug-likeness (QED) is 0.159. The minimum absolute atomic E-state index is 0.00548. The molecule has 1 aromatic heterocycles. The van der Waals surface area contributed by atoms with Crippen LogP contribution in [0.2, 0.25) is 0 Å². The molecule has 0 unspecified atom stereocenters. The van der Waals surface area contributed by atoms with Crippen LogP contribution in [-0.4, -0.2) is 38.9 Å². The van der Waals surface area contributed by atoms with Crippen molar-refractivity contribution in [1.29, 1.82) is 0 Å². The number of nitrogens with zero attached hydrogens (tertiary/aromatic N) is 1. The van der Waals surface area contributed by atoms with Crippen molar-refractivity contribution in [2.75, 3.05) is 5.32 Å². The van der Waals surface area contributed by atoms with E-state index in [0.717, 1.165) is 33.6 Å². The molecule has 0 aliphatic carbocycles. The first kappa shape index (κ1) is 29.1. The lowest BCUT2D eigenvalue weighted by Crippen LogP contribution is -2.33. The van der Waals surface area contributed by atoms with Crippen LogP contribution in [0, 0.1) is 5.82 Å². The SMILES string of the molecule is CC(C)c1c(CC(=O)Nc2ccccc2O)c(-c2ccccc2)c(-c2ccc(F)cc2)n1CC[C@@H]1C[C@@H](O)CC(=O)O1. The van der Waals surface area contributed by atoms with Crippen LogP contribution in [0.1, 0.15) is 50.3 Å². The van der Waals surface area contributed by atoms with E-state index in [4.69, 9.17) is 4.74 Å². The summed E-state index contributed by atoms with van der Waals surface area (Å²) in [5.74, 6) is -1.09. The lowest BCUT2D eigenvalue weighted by Gasteiger charge is -2.27. The van der Waals surface area contributed by atoms with Gasteiger partial charge in [-0.05, 0) is 59.0 Å². The Kier molecular flexibility index (Phi) is 8.73. The first-order valence-electron chi connectivity index (χ1n) is 14.2. The van der Waals surface area contributed by atoms with Gasteiger partial charge >= 0.3 is 5.97 Å². The Morgan fingerprint density at radius 3 is 2.38 bits per heavy atom. The number of rotatable bonds is 9. The van der Waals surface area contributed by atoms with Crippen LogP contribution < -0.4 is 5.32 Å². The van der Waals surface area contributed by atoms with Crippen LogP contribution in [0.3, 0.4) is 0 Å². The summed E-state index contributed by atoms with van der Waals surface area (Å²) in [5.41, 5.74) is 5.46. The summed E-state index contributed by atoms with van der Waals surface area (Å²) in [5, 5.41) is 23.3. The number of aromatic hydroxyl groups is 1. The highest BCUT2D eigenvalue weighted by molar-refractivity contribution is 5.97. The standard InChI is InChI=1S/C34H35FN2O5/c1-21(2)33-27(20-30(40)36-28-10-6-7-11-29(28)39)32(22-8-4-3-5-9-22)34(23-12-14-24(35)15-13-23)37(33)17-16-26-18-25(38)19-31(41)42-26/h3-15,21,25-26,38-39H,16-20H2,1-2H3,(H,36,40)/t25-,26-/m1/s1. The number of esters is 1. The first-order chi connectivity index (χ1) is 20.2. The van der Waals surface area contributed by atoms with E-state index in [9.17, 15) is 24.2 Å². The lowest BCUT2D eigenvalue weighted by atomic mass is 9.93. The number of hydrogen-bond acceptors (Lipinski definition) is 5. The topological polar surface area (TPSA) is 101 Å². The highest BCUT2D eigenvalue weighted by Gasteiger charge is 2.31. The Balaban J connectivity index is 1.65. The van der Waals surface area contributed by atoms with Gasteiger partial charge in [-0.1, -0.05) is 56.3 Å². The highest BCUT2D eigenvalue weighted by atomic mass is 19.1. The van der Waals surface area contributed by atoms with Gasteiger partial charge < -0.3 is 24.8 Å². The number of aliphatic hydroxyl groups is 1. The van der Waals surface area contributed by atoms with Gasteiger partial charge in [0.25, 0.3) is 0 Å². The van der Waals surface area contributed by atoms with Gasteiger partial charge in [0.2, 0.25) is 5.91 Å². The van der Waals surface area contributed by atoms with Crippen LogP contribution in [0.25, 0.3) is 22.4 Å². The van der Waals surface area contributed by atoms with Crippen LogP contribution >= 0.6 is 0 Å². The first-order valence-corrected chi connectivity index (χ1v) is 14.2. The molecule has 7 nitrogen and oxygen atoms in total. The smallest absolute Gasteiger partial charge is 0.308 e. The summed E-state index contributed by atoms with van der Waals surface area (Å²) in [7, 11) is 0. The van der Waals surface area contributed by atoms with Gasteiger partial charge in [-0.15, -0.1) is 0 Å². The van der Waals surface area contributed by atoms with Crippen LogP contribution in [0.4, 0.5) is 10.1 Å². The fraction of sp³-hybridized carbons (Fsp3) is 0.294. The molecule has 3 N–H and O–H groups in total. The number of carbonyl (C=O) groups is 2. The summed E-state index contributed by atoms with van der Waals surface area (Å²) in [4.78, 5) is 25.5. The van der Waals surface area contributed by atoms with Gasteiger partial charge in [-0.25, -0.2) is 4.39 Å². The van der Waals surface area contributed by atoms with Gasteiger partial charge in [0.15, 0.2) is 0 Å². The number of phenols is 1. The second kappa shape index (κ2) is 12.6. The maximum atomic E-state index is 14.1. The highest BCUT2D eigenvalue weighted by Crippen LogP contribution is 2.43. The third-order valence-corrected chi connectivity index (χ3v) is 7.56. The fourth-order valence-electron chi connectivity index (χ4n) is 5.83. The van der Waals surface area contributed by atoms with Crippen molar-refractivity contribution in [3.63, 3.8) is 0 Å². The second-order valence-electron chi connectivity index (χ2n) is 11.0. The van der Waals surface area contributed by atoms with E-state index in [1.54, 1.807) is 30.3 Å². The Labute approximate surface area is 244 Å². The summed E-state index contributed by atoms with van der Waals surface area (Å²) >= 11 is 0. The number of aliphatic hydroxyl groups excluding tert-OH is 1. The predicted molar refractivity (Wildman–Crippen MR) is 160 cm³/mol. The van der Waals surface area contributed by atoms with Crippen molar-refractivity contribution in [2.24, 2.45) is 0 Å². The molecule has 3 aromatic carbocycles. The number of carbonyl (C=O) groups excluding carboxylic acids is 2. The molecule has 8 heteroatoms. The molecule has 0 spiro atoms. The zero-order valence-corrected chi connectivity index (χ0v) is 23.7. The molecular weight excluding hydrogens is 535 g/mol. The summed E-state index contributed by atoms with van der Waals surface area (Å²) in [6, 6.07) is 22.6. The molecule has 1 aliphatic heterocycles. The van der Waals surface area contributed by atoms with E-state index in [2.05, 4.69) is 23.7 Å². The van der Waals surface area contributed by atoms with Crippen molar-refractivity contribution in [2.45, 2.75) is 64.2 Å². The number of halogens is 1. The molecule has 218 valence electrons. The molecule has 0 saturated carbocycles. The second-order valence-corrected chi connectivity index (χ2v) is 11.0. The molecule has 0 bridgehead atoms. The molecule has 2 heterocycles. The van der Waals surface area contributed by atoms with E-state index in [0.29, 0.717) is 25.1 Å². The Morgan fingerprint density at radius 1 is 1.02 bits per heavy atom. The van der Waals surface area contributed by atoms with E-state index in [1.165, 1.54) is 18.2 Å². The zero-order valence-electron chi connectivity index (χ0n) is 23.7. The van der Waals surface area contributed by atoms with Gasteiger partial charge in [-0.3, -0.25) is 9.59 Å². The third kappa shape index (κ3) is 6.39. The molecular formula is C34H35FN2O5. The minimum Gasteiger partial charge on any atom is -0.506 e. The van der Waals surface area contributed by atoms with Crippen LogP contribution in [-0.2, 0) is 27.3 Å². The molecule has 5 rings (SSSR count). The molecule has 4 aromatic rings. The van der Waals surface area contributed by atoms with Crippen LogP contribution in [0.15, 0.2) is 78.9 Å². The fourth-order valence-corrected chi connectivity index (χ4v) is 5.83. The number of hydrogen-bond donors (Lipinski definition) is 3. The normalized spacial score (nSPS) is 16.8. The Hall–Kier alpha value is -4.43. The average Bonchev–Trinajstić information content (AvgIpc) is 3.27. The van der Waals surface area contributed by atoms with Crippen molar-refractivity contribution in [1.82, 2.24) is 4.57 Å². The number of para-hydroxylation sites is 2. The van der Waals surface area contributed by atoms with E-state index in [1.807, 2.05) is 30.3 Å². The van der Waals surface area contributed by atoms with Crippen molar-refractivity contribution in [3.8, 4) is 28.1 Å². The molecule has 1 amide bonds. The summed E-state index contributed by atoms with van der Waals surface area (Å²) in [6.45, 7) is 4.57. The van der Waals surface area contributed by atoms with Crippen molar-refractivity contribution < 1.29 is 28.9 Å². The maximum Gasteiger partial charge on any atom is 0.308 e. The van der Waals surface area contributed by atoms with E-state index < -0.39 is 18.2 Å². The van der Waals surface area contributed by atoms with E-state index in [-0.39, 0.29) is 36.2 Å². The van der Waals surface area contributed by atoms with E-state index >= 15 is 0 Å². The monoisotopic (exact) mass is 570 g/mol. The number of benzene rings is 3. The summed E-state index contributed by atoms with van der Waals surface area (Å²) < 4.78 is 21.8. The zero-order chi connectivity index (χ0) is 29.8. The molecule has 42 heavy (non-hydrogen) atoms. The largest absolute Gasteiger partial charge is 0.506 e.